The van der Waals surface area contributed by atoms with Crippen LogP contribution in [0.15, 0.2) is 24.3 Å². The zero-order valence-corrected chi connectivity index (χ0v) is 14.5. The minimum Gasteiger partial charge on any atom is -0.355 e. The number of carbonyl (C=O) groups excluding carboxylic acids is 3. The molecule has 7 heteroatoms. The molecule has 0 saturated carbocycles. The molecule has 1 aromatic carbocycles. The SMILES string of the molecule is CCCCCNC(=O)CN1C(=O)N[C@](C)(c2ccc(C#N)cc2)C1=O. The molecule has 0 aromatic heterocycles. The maximum atomic E-state index is 12.7. The van der Waals surface area contributed by atoms with Crippen LogP contribution in [-0.2, 0) is 15.1 Å². The van der Waals surface area contributed by atoms with Gasteiger partial charge in [0.15, 0.2) is 0 Å². The summed E-state index contributed by atoms with van der Waals surface area (Å²) in [5, 5.41) is 14.2. The number of amides is 4. The molecule has 0 aliphatic carbocycles. The van der Waals surface area contributed by atoms with Gasteiger partial charge in [0.05, 0.1) is 11.6 Å². The maximum absolute atomic E-state index is 12.7. The Morgan fingerprint density at radius 2 is 1.96 bits per heavy atom. The van der Waals surface area contributed by atoms with E-state index in [4.69, 9.17) is 5.26 Å². The standard InChI is InChI=1S/C18H22N4O3/c1-3-4-5-10-20-15(23)12-22-16(24)18(2,21-17(22)25)14-8-6-13(11-19)7-9-14/h6-9H,3-5,10,12H2,1-2H3,(H,20,23)(H,21,25)/t18-/m1/s1. The number of nitriles is 1. The Morgan fingerprint density at radius 1 is 1.28 bits per heavy atom. The first-order valence-electron chi connectivity index (χ1n) is 8.34. The van der Waals surface area contributed by atoms with Gasteiger partial charge in [-0.3, -0.25) is 14.5 Å². The zero-order valence-electron chi connectivity index (χ0n) is 14.5. The summed E-state index contributed by atoms with van der Waals surface area (Å²) in [5.41, 5.74) is -0.212. The predicted octanol–water partition coefficient (Wildman–Crippen LogP) is 1.63. The number of rotatable bonds is 7. The fraction of sp³-hybridized carbons (Fsp3) is 0.444. The summed E-state index contributed by atoms with van der Waals surface area (Å²) in [6.07, 6.45) is 2.93. The molecule has 1 fully saturated rings. The van der Waals surface area contributed by atoms with Gasteiger partial charge in [-0.05, 0) is 31.0 Å². The molecule has 7 nitrogen and oxygen atoms in total. The molecule has 0 spiro atoms. The normalized spacial score (nSPS) is 19.5. The van der Waals surface area contributed by atoms with E-state index in [1.807, 2.05) is 6.07 Å². The largest absolute Gasteiger partial charge is 0.355 e. The second kappa shape index (κ2) is 7.79. The van der Waals surface area contributed by atoms with Crippen LogP contribution in [0, 0.1) is 11.3 Å². The van der Waals surface area contributed by atoms with E-state index in [2.05, 4.69) is 17.6 Å². The van der Waals surface area contributed by atoms with Crippen molar-refractivity contribution in [2.45, 2.75) is 38.6 Å². The molecule has 25 heavy (non-hydrogen) atoms. The number of benzene rings is 1. The summed E-state index contributed by atoms with van der Waals surface area (Å²) in [6, 6.07) is 7.84. The van der Waals surface area contributed by atoms with E-state index in [1.54, 1.807) is 31.2 Å². The Labute approximate surface area is 147 Å². The molecule has 1 heterocycles. The van der Waals surface area contributed by atoms with Gasteiger partial charge in [-0.1, -0.05) is 31.9 Å². The Morgan fingerprint density at radius 3 is 2.56 bits per heavy atom. The first kappa shape index (κ1) is 18.5. The molecule has 2 N–H and O–H groups in total. The number of nitrogens with zero attached hydrogens (tertiary/aromatic N) is 2. The molecule has 0 unspecified atom stereocenters. The Bertz CT molecular complexity index is 708. The quantitative estimate of drug-likeness (QED) is 0.581. The molecule has 132 valence electrons. The fourth-order valence-corrected chi connectivity index (χ4v) is 2.72. The number of nitrogens with one attached hydrogen (secondary N) is 2. The number of carbonyl (C=O) groups is 3. The van der Waals surface area contributed by atoms with E-state index >= 15 is 0 Å². The van der Waals surface area contributed by atoms with Gasteiger partial charge in [0.1, 0.15) is 12.1 Å². The van der Waals surface area contributed by atoms with Crippen molar-refractivity contribution in [2.75, 3.05) is 13.1 Å². The van der Waals surface area contributed by atoms with Crippen LogP contribution < -0.4 is 10.6 Å². The van der Waals surface area contributed by atoms with Gasteiger partial charge < -0.3 is 10.6 Å². The summed E-state index contributed by atoms with van der Waals surface area (Å²) in [6.45, 7) is 3.89. The summed E-state index contributed by atoms with van der Waals surface area (Å²) in [5.74, 6) is -0.838. The minimum atomic E-state index is -1.24. The Balaban J connectivity index is 2.05. The Hall–Kier alpha value is -2.88. The van der Waals surface area contributed by atoms with E-state index < -0.39 is 17.5 Å². The molecule has 1 aliphatic heterocycles. The number of imide groups is 1. The number of hydrogen-bond donors (Lipinski definition) is 2. The average molecular weight is 342 g/mol. The maximum Gasteiger partial charge on any atom is 0.325 e. The third kappa shape index (κ3) is 3.97. The highest BCUT2D eigenvalue weighted by atomic mass is 16.2. The van der Waals surface area contributed by atoms with Crippen LogP contribution >= 0.6 is 0 Å². The summed E-state index contributed by atoms with van der Waals surface area (Å²) in [7, 11) is 0. The molecule has 1 aliphatic rings. The van der Waals surface area contributed by atoms with Crippen molar-refractivity contribution < 1.29 is 14.4 Å². The van der Waals surface area contributed by atoms with Gasteiger partial charge >= 0.3 is 6.03 Å². The van der Waals surface area contributed by atoms with Crippen LogP contribution in [0.2, 0.25) is 0 Å². The fourth-order valence-electron chi connectivity index (χ4n) is 2.72. The number of unbranched alkanes of at least 4 members (excludes halogenated alkanes) is 2. The Kier molecular flexibility index (Phi) is 5.75. The zero-order chi connectivity index (χ0) is 18.4. The first-order chi connectivity index (χ1) is 11.9. The van der Waals surface area contributed by atoms with Crippen molar-refractivity contribution >= 4 is 17.8 Å². The van der Waals surface area contributed by atoms with Gasteiger partial charge in [-0.2, -0.15) is 5.26 Å². The van der Waals surface area contributed by atoms with Crippen molar-refractivity contribution in [3.05, 3.63) is 35.4 Å². The highest BCUT2D eigenvalue weighted by Crippen LogP contribution is 2.28. The number of urea groups is 1. The first-order valence-corrected chi connectivity index (χ1v) is 8.34. The summed E-state index contributed by atoms with van der Waals surface area (Å²) < 4.78 is 0. The lowest BCUT2D eigenvalue weighted by atomic mass is 9.91. The molecule has 0 radical (unpaired) electrons. The highest BCUT2D eigenvalue weighted by Gasteiger charge is 2.49. The molecule has 4 amide bonds. The van der Waals surface area contributed by atoms with Crippen LogP contribution in [0.5, 0.6) is 0 Å². The lowest BCUT2D eigenvalue weighted by Crippen LogP contribution is -2.43. The smallest absolute Gasteiger partial charge is 0.325 e. The molecule has 1 aromatic rings. The van der Waals surface area contributed by atoms with Crippen LogP contribution in [0.1, 0.15) is 44.2 Å². The van der Waals surface area contributed by atoms with Crippen molar-refractivity contribution in [3.63, 3.8) is 0 Å². The van der Waals surface area contributed by atoms with Gasteiger partial charge in [0, 0.05) is 6.54 Å². The molecule has 1 saturated heterocycles. The monoisotopic (exact) mass is 342 g/mol. The van der Waals surface area contributed by atoms with Crippen molar-refractivity contribution in [3.8, 4) is 6.07 Å². The van der Waals surface area contributed by atoms with Gasteiger partial charge in [-0.25, -0.2) is 4.79 Å². The van der Waals surface area contributed by atoms with E-state index in [9.17, 15) is 14.4 Å². The van der Waals surface area contributed by atoms with Crippen LogP contribution in [0.4, 0.5) is 4.79 Å². The van der Waals surface area contributed by atoms with E-state index in [0.29, 0.717) is 17.7 Å². The highest BCUT2D eigenvalue weighted by molar-refractivity contribution is 6.09. The van der Waals surface area contributed by atoms with Crippen LogP contribution in [0.25, 0.3) is 0 Å². The second-order valence-corrected chi connectivity index (χ2v) is 6.19. The summed E-state index contributed by atoms with van der Waals surface area (Å²) in [4.78, 5) is 37.8. The summed E-state index contributed by atoms with van der Waals surface area (Å²) >= 11 is 0. The molecule has 2 rings (SSSR count). The van der Waals surface area contributed by atoms with E-state index in [0.717, 1.165) is 24.2 Å². The van der Waals surface area contributed by atoms with Crippen LogP contribution in [-0.4, -0.2) is 35.8 Å². The van der Waals surface area contributed by atoms with Crippen molar-refractivity contribution in [1.82, 2.24) is 15.5 Å². The molecular formula is C18H22N4O3. The molecule has 0 bridgehead atoms. The van der Waals surface area contributed by atoms with Crippen molar-refractivity contribution in [1.29, 1.82) is 5.26 Å². The lowest BCUT2D eigenvalue weighted by molar-refractivity contribution is -0.134. The topological polar surface area (TPSA) is 102 Å². The van der Waals surface area contributed by atoms with Gasteiger partial charge in [0.2, 0.25) is 5.91 Å². The van der Waals surface area contributed by atoms with Gasteiger partial charge in [-0.15, -0.1) is 0 Å². The second-order valence-electron chi connectivity index (χ2n) is 6.19. The lowest BCUT2D eigenvalue weighted by Gasteiger charge is -2.22. The third-order valence-corrected chi connectivity index (χ3v) is 4.27. The third-order valence-electron chi connectivity index (χ3n) is 4.27. The van der Waals surface area contributed by atoms with Gasteiger partial charge in [0.25, 0.3) is 5.91 Å². The molecular weight excluding hydrogens is 320 g/mol. The predicted molar refractivity (Wildman–Crippen MR) is 91.3 cm³/mol. The average Bonchev–Trinajstić information content (AvgIpc) is 2.83. The van der Waals surface area contributed by atoms with E-state index in [-0.39, 0.29) is 12.5 Å². The van der Waals surface area contributed by atoms with E-state index in [1.165, 1.54) is 0 Å². The van der Waals surface area contributed by atoms with Crippen molar-refractivity contribution in [2.24, 2.45) is 0 Å². The molecule has 1 atom stereocenters. The number of hydrogen-bond acceptors (Lipinski definition) is 4. The van der Waals surface area contributed by atoms with Crippen LogP contribution in [0.3, 0.4) is 0 Å². The minimum absolute atomic E-state index is 0.303.